The standard InChI is InChI=1S/C31H24Cl3NO3/c1-30(2,3)29(38)26-25(21-11-9-18(33)15-22(21)34)31(27(36)19-6-4-5-7-20(19)28(31)37)24-13-8-16-14-17(32)10-12-23(16)35(24)26/h4-15,24-26H,1-3H3/t24-,25+,26+/m1/s1. The summed E-state index contributed by atoms with van der Waals surface area (Å²) in [6.45, 7) is 5.56. The van der Waals surface area contributed by atoms with Crippen LogP contribution >= 0.6 is 34.8 Å². The maximum Gasteiger partial charge on any atom is 0.180 e. The zero-order valence-electron chi connectivity index (χ0n) is 21.0. The normalized spacial score (nSPS) is 23.0. The molecule has 0 N–H and O–H groups in total. The molecule has 6 rings (SSSR count). The number of fused-ring (bicyclic) bond motifs is 5. The molecule has 0 unspecified atom stereocenters. The second-order valence-electron chi connectivity index (χ2n) is 11.2. The minimum atomic E-state index is -1.60. The van der Waals surface area contributed by atoms with Gasteiger partial charge in [0.05, 0.1) is 12.1 Å². The largest absolute Gasteiger partial charge is 0.352 e. The molecule has 1 fully saturated rings. The first-order valence-corrected chi connectivity index (χ1v) is 13.6. The number of carbonyl (C=O) groups excluding carboxylic acids is 3. The van der Waals surface area contributed by atoms with Gasteiger partial charge in [-0.15, -0.1) is 0 Å². The maximum atomic E-state index is 14.5. The maximum absolute atomic E-state index is 14.5. The topological polar surface area (TPSA) is 54.5 Å². The van der Waals surface area contributed by atoms with Crippen molar-refractivity contribution in [2.75, 3.05) is 4.90 Å². The molecule has 0 radical (unpaired) electrons. The molecular weight excluding hydrogens is 541 g/mol. The van der Waals surface area contributed by atoms with Crippen molar-refractivity contribution in [2.24, 2.45) is 10.8 Å². The predicted molar refractivity (Wildman–Crippen MR) is 152 cm³/mol. The van der Waals surface area contributed by atoms with Gasteiger partial charge in [0, 0.05) is 43.2 Å². The van der Waals surface area contributed by atoms with E-state index < -0.39 is 28.8 Å². The fraction of sp³-hybridized carbons (Fsp3) is 0.258. The van der Waals surface area contributed by atoms with Gasteiger partial charge in [-0.1, -0.05) is 98.1 Å². The van der Waals surface area contributed by atoms with E-state index in [0.717, 1.165) is 11.3 Å². The Kier molecular flexibility index (Phi) is 5.70. The van der Waals surface area contributed by atoms with Gasteiger partial charge < -0.3 is 4.90 Å². The number of halogens is 3. The van der Waals surface area contributed by atoms with E-state index in [0.29, 0.717) is 31.8 Å². The van der Waals surface area contributed by atoms with E-state index in [1.807, 2.05) is 50.0 Å². The molecule has 2 heterocycles. The van der Waals surface area contributed by atoms with Crippen molar-refractivity contribution >= 4 is 63.9 Å². The molecule has 4 nitrogen and oxygen atoms in total. The summed E-state index contributed by atoms with van der Waals surface area (Å²) in [7, 11) is 0. The van der Waals surface area contributed by atoms with E-state index in [9.17, 15) is 14.4 Å². The molecule has 0 bridgehead atoms. The van der Waals surface area contributed by atoms with Crippen molar-refractivity contribution in [1.29, 1.82) is 0 Å². The number of hydrogen-bond acceptors (Lipinski definition) is 4. The van der Waals surface area contributed by atoms with E-state index in [1.54, 1.807) is 48.5 Å². The van der Waals surface area contributed by atoms with Crippen LogP contribution in [0.4, 0.5) is 5.69 Å². The average Bonchev–Trinajstić information content (AvgIpc) is 3.29. The van der Waals surface area contributed by atoms with Crippen LogP contribution in [0.5, 0.6) is 0 Å². The Balaban J connectivity index is 1.72. The van der Waals surface area contributed by atoms with Gasteiger partial charge in [0.1, 0.15) is 5.41 Å². The molecule has 192 valence electrons. The molecule has 0 aromatic heterocycles. The Morgan fingerprint density at radius 1 is 0.868 bits per heavy atom. The molecule has 1 saturated heterocycles. The highest BCUT2D eigenvalue weighted by Gasteiger charge is 2.72. The van der Waals surface area contributed by atoms with Crippen LogP contribution in [0.1, 0.15) is 58.5 Å². The number of nitrogens with zero attached hydrogens (tertiary/aromatic N) is 1. The van der Waals surface area contributed by atoms with Crippen LogP contribution in [0.3, 0.4) is 0 Å². The second kappa shape index (κ2) is 8.54. The number of anilines is 1. The van der Waals surface area contributed by atoms with Crippen LogP contribution in [-0.4, -0.2) is 29.4 Å². The van der Waals surface area contributed by atoms with Gasteiger partial charge in [0.15, 0.2) is 17.3 Å². The lowest BCUT2D eigenvalue weighted by Crippen LogP contribution is -2.49. The molecule has 2 aliphatic heterocycles. The number of ketones is 3. The average molecular weight is 565 g/mol. The van der Waals surface area contributed by atoms with Crippen LogP contribution in [0.2, 0.25) is 15.1 Å². The minimum Gasteiger partial charge on any atom is -0.352 e. The van der Waals surface area contributed by atoms with Gasteiger partial charge in [-0.25, -0.2) is 0 Å². The molecular formula is C31H24Cl3NO3. The first-order chi connectivity index (χ1) is 18.0. The number of benzene rings is 3. The zero-order valence-corrected chi connectivity index (χ0v) is 23.2. The van der Waals surface area contributed by atoms with Crippen LogP contribution in [-0.2, 0) is 4.79 Å². The van der Waals surface area contributed by atoms with E-state index in [1.165, 1.54) is 0 Å². The lowest BCUT2D eigenvalue weighted by atomic mass is 9.63. The first-order valence-electron chi connectivity index (χ1n) is 12.4. The Hall–Kier alpha value is -2.92. The fourth-order valence-electron chi connectivity index (χ4n) is 6.49. The summed E-state index contributed by atoms with van der Waals surface area (Å²) in [6, 6.07) is 15.8. The van der Waals surface area contributed by atoms with Crippen molar-refractivity contribution in [3.8, 4) is 0 Å². The van der Waals surface area contributed by atoms with Crippen LogP contribution in [0, 0.1) is 10.8 Å². The van der Waals surface area contributed by atoms with E-state index in [-0.39, 0.29) is 17.3 Å². The molecule has 38 heavy (non-hydrogen) atoms. The Bertz CT molecular complexity index is 1550. The van der Waals surface area contributed by atoms with Gasteiger partial charge in [-0.05, 0) is 41.5 Å². The fourth-order valence-corrected chi connectivity index (χ4v) is 7.20. The molecule has 3 atom stereocenters. The van der Waals surface area contributed by atoms with Crippen molar-refractivity contribution in [3.05, 3.63) is 104 Å². The van der Waals surface area contributed by atoms with E-state index >= 15 is 0 Å². The van der Waals surface area contributed by atoms with Gasteiger partial charge >= 0.3 is 0 Å². The quantitative estimate of drug-likeness (QED) is 0.299. The third-order valence-corrected chi connectivity index (χ3v) is 8.87. The van der Waals surface area contributed by atoms with Crippen LogP contribution < -0.4 is 4.90 Å². The van der Waals surface area contributed by atoms with Gasteiger partial charge in [0.25, 0.3) is 0 Å². The smallest absolute Gasteiger partial charge is 0.180 e. The second-order valence-corrected chi connectivity index (χ2v) is 12.5. The van der Waals surface area contributed by atoms with Crippen molar-refractivity contribution in [2.45, 2.75) is 38.8 Å². The van der Waals surface area contributed by atoms with E-state index in [2.05, 4.69) is 0 Å². The lowest BCUT2D eigenvalue weighted by Gasteiger charge is -2.38. The van der Waals surface area contributed by atoms with Crippen molar-refractivity contribution in [1.82, 2.24) is 0 Å². The number of rotatable bonds is 2. The highest BCUT2D eigenvalue weighted by atomic mass is 35.5. The molecule has 3 aromatic carbocycles. The third kappa shape index (κ3) is 3.33. The summed E-state index contributed by atoms with van der Waals surface area (Å²) in [4.78, 5) is 45.5. The summed E-state index contributed by atoms with van der Waals surface area (Å²) >= 11 is 19.4. The van der Waals surface area contributed by atoms with Gasteiger partial charge in [-0.3, -0.25) is 14.4 Å². The highest BCUT2D eigenvalue weighted by Crippen LogP contribution is 2.62. The Morgan fingerprint density at radius 2 is 1.47 bits per heavy atom. The number of hydrogen-bond donors (Lipinski definition) is 0. The van der Waals surface area contributed by atoms with Crippen LogP contribution in [0.25, 0.3) is 6.08 Å². The predicted octanol–water partition coefficient (Wildman–Crippen LogP) is 7.70. The Morgan fingerprint density at radius 3 is 2.08 bits per heavy atom. The molecule has 3 aliphatic rings. The SMILES string of the molecule is CC(C)(C)C(=O)[C@@H]1[C@H](c2ccc(Cl)cc2Cl)C2(C(=O)c3ccccc3C2=O)[C@H]2C=Cc3cc(Cl)ccc3N12. The van der Waals surface area contributed by atoms with Crippen LogP contribution in [0.15, 0.2) is 66.7 Å². The first kappa shape index (κ1) is 25.4. The van der Waals surface area contributed by atoms with Crippen molar-refractivity contribution < 1.29 is 14.4 Å². The highest BCUT2D eigenvalue weighted by molar-refractivity contribution is 6.36. The molecule has 0 saturated carbocycles. The Labute approximate surface area is 236 Å². The minimum absolute atomic E-state index is 0.0943. The van der Waals surface area contributed by atoms with Gasteiger partial charge in [-0.2, -0.15) is 0 Å². The summed E-state index contributed by atoms with van der Waals surface area (Å²) < 4.78 is 0. The third-order valence-electron chi connectivity index (χ3n) is 8.07. The van der Waals surface area contributed by atoms with Gasteiger partial charge in [0.2, 0.25) is 0 Å². The summed E-state index contributed by atoms with van der Waals surface area (Å²) in [5, 5.41) is 1.29. The molecule has 1 aliphatic carbocycles. The zero-order chi connectivity index (χ0) is 27.1. The molecule has 7 heteroatoms. The van der Waals surface area contributed by atoms with Crippen molar-refractivity contribution in [3.63, 3.8) is 0 Å². The lowest BCUT2D eigenvalue weighted by molar-refractivity contribution is -0.127. The summed E-state index contributed by atoms with van der Waals surface area (Å²) in [5.74, 6) is -1.54. The molecule has 0 amide bonds. The molecule has 3 aromatic rings. The summed E-state index contributed by atoms with van der Waals surface area (Å²) in [5.41, 5.74) is 0.468. The monoisotopic (exact) mass is 563 g/mol. The molecule has 1 spiro atoms. The number of carbonyl (C=O) groups is 3. The van der Waals surface area contributed by atoms with E-state index in [4.69, 9.17) is 34.8 Å². The number of Topliss-reactive ketones (excluding diaryl/α,β-unsaturated/α-hetero) is 3. The summed E-state index contributed by atoms with van der Waals surface area (Å²) in [6.07, 6.45) is 3.76.